The number of hydrogen-bond donors (Lipinski definition) is 0. The minimum Gasteiger partial charge on any atom is -0.267 e. The third-order valence-corrected chi connectivity index (χ3v) is 4.55. The van der Waals surface area contributed by atoms with Gasteiger partial charge in [0.15, 0.2) is 0 Å². The van der Waals surface area contributed by atoms with Crippen LogP contribution in [-0.4, -0.2) is 23.0 Å². The Bertz CT molecular complexity index is 752. The highest BCUT2D eigenvalue weighted by Crippen LogP contribution is 2.27. The van der Waals surface area contributed by atoms with Crippen molar-refractivity contribution in [2.45, 2.75) is 32.6 Å². The van der Waals surface area contributed by atoms with E-state index < -0.39 is 6.43 Å². The highest BCUT2D eigenvalue weighted by molar-refractivity contribution is 7.12. The molecule has 0 bridgehead atoms. The molecule has 0 aromatic carbocycles. The summed E-state index contributed by atoms with van der Waals surface area (Å²) in [6.45, 7) is 1.96. The number of amides is 1. The summed E-state index contributed by atoms with van der Waals surface area (Å²) in [5.41, 5.74) is 2.66. The summed E-state index contributed by atoms with van der Waals surface area (Å²) in [5, 5.41) is 0. The number of alkyl halides is 2. The number of nitrogens with zero attached hydrogens (tertiary/aromatic N) is 2. The van der Waals surface area contributed by atoms with Crippen LogP contribution in [0.5, 0.6) is 0 Å². The number of thiophene rings is 1. The van der Waals surface area contributed by atoms with Gasteiger partial charge in [-0.05, 0) is 37.1 Å². The highest BCUT2D eigenvalue weighted by Gasteiger charge is 2.23. The van der Waals surface area contributed by atoms with Gasteiger partial charge in [-0.15, -0.1) is 11.3 Å². The number of carbonyl (C=O) groups excluding carboxylic acids is 1. The maximum atomic E-state index is 12.3. The zero-order chi connectivity index (χ0) is 15.7. The topological polar surface area (TPSA) is 42.3 Å². The van der Waals surface area contributed by atoms with Crippen molar-refractivity contribution in [3.63, 3.8) is 0 Å². The van der Waals surface area contributed by atoms with Gasteiger partial charge in [0.25, 0.3) is 5.91 Å². The lowest BCUT2D eigenvalue weighted by Crippen LogP contribution is -2.16. The minimum absolute atomic E-state index is 0.177. The molecule has 22 heavy (non-hydrogen) atoms. The number of aromatic nitrogens is 1. The zero-order valence-electron chi connectivity index (χ0n) is 12.0. The first-order valence-corrected chi connectivity index (χ1v) is 7.79. The molecular formula is C16H14F2N2OS. The van der Waals surface area contributed by atoms with E-state index in [2.05, 4.69) is 9.98 Å². The Kier molecular flexibility index (Phi) is 4.11. The first kappa shape index (κ1) is 15.0. The molecule has 0 unspecified atom stereocenters. The lowest BCUT2D eigenvalue weighted by Gasteiger charge is -2.12. The Morgan fingerprint density at radius 1 is 1.36 bits per heavy atom. The van der Waals surface area contributed by atoms with Crippen LogP contribution in [0.2, 0.25) is 0 Å². The van der Waals surface area contributed by atoms with Crippen molar-refractivity contribution in [3.8, 4) is 0 Å². The number of pyridine rings is 1. The van der Waals surface area contributed by atoms with Crippen LogP contribution >= 0.6 is 11.3 Å². The molecule has 3 nitrogen and oxygen atoms in total. The molecule has 0 fully saturated rings. The lowest BCUT2D eigenvalue weighted by atomic mass is 10.0. The van der Waals surface area contributed by atoms with Crippen molar-refractivity contribution in [2.75, 3.05) is 0 Å². The van der Waals surface area contributed by atoms with E-state index in [-0.39, 0.29) is 18.7 Å². The predicted octanol–water partition coefficient (Wildman–Crippen LogP) is 3.83. The third-order valence-electron chi connectivity index (χ3n) is 3.50. The van der Waals surface area contributed by atoms with Crippen LogP contribution in [0, 0.1) is 6.92 Å². The number of hydrogen-bond acceptors (Lipinski definition) is 3. The largest absolute Gasteiger partial charge is 0.278 e. The van der Waals surface area contributed by atoms with Gasteiger partial charge in [-0.3, -0.25) is 9.78 Å². The lowest BCUT2D eigenvalue weighted by molar-refractivity contribution is 0.100. The Hall–Kier alpha value is -1.95. The van der Waals surface area contributed by atoms with Crippen molar-refractivity contribution in [1.82, 2.24) is 4.98 Å². The monoisotopic (exact) mass is 320 g/mol. The quantitative estimate of drug-likeness (QED) is 0.859. The molecule has 0 atom stereocenters. The van der Waals surface area contributed by atoms with E-state index in [0.717, 1.165) is 15.3 Å². The van der Waals surface area contributed by atoms with Crippen LogP contribution < -0.4 is 0 Å². The average molecular weight is 320 g/mol. The first-order valence-electron chi connectivity index (χ1n) is 6.97. The number of aryl methyl sites for hydroxylation is 2. The zero-order valence-corrected chi connectivity index (χ0v) is 12.8. The summed E-state index contributed by atoms with van der Waals surface area (Å²) in [6.07, 6.45) is -0.0636. The number of fused-ring (bicyclic) bond motifs is 1. The average Bonchev–Trinajstić information content (AvgIpc) is 2.86. The second kappa shape index (κ2) is 6.04. The van der Waals surface area contributed by atoms with Crippen LogP contribution in [0.1, 0.15) is 37.8 Å². The maximum absolute atomic E-state index is 12.3. The second-order valence-electron chi connectivity index (χ2n) is 5.21. The van der Waals surface area contributed by atoms with E-state index in [0.29, 0.717) is 23.4 Å². The minimum atomic E-state index is -2.32. The molecule has 0 saturated carbocycles. The van der Waals surface area contributed by atoms with E-state index in [9.17, 15) is 13.6 Å². The van der Waals surface area contributed by atoms with Gasteiger partial charge in [0, 0.05) is 28.8 Å². The summed E-state index contributed by atoms with van der Waals surface area (Å²) in [5.74, 6) is -0.250. The Balaban J connectivity index is 1.85. The van der Waals surface area contributed by atoms with Crippen molar-refractivity contribution in [2.24, 2.45) is 4.99 Å². The fourth-order valence-electron chi connectivity index (χ4n) is 2.46. The normalized spacial score (nSPS) is 14.2. The van der Waals surface area contributed by atoms with E-state index in [1.807, 2.05) is 13.0 Å². The van der Waals surface area contributed by atoms with E-state index in [1.54, 1.807) is 29.7 Å². The molecule has 3 rings (SSSR count). The van der Waals surface area contributed by atoms with Crippen molar-refractivity contribution < 1.29 is 13.6 Å². The van der Waals surface area contributed by atoms with Crippen molar-refractivity contribution in [1.29, 1.82) is 0 Å². The number of halogens is 2. The molecule has 2 aromatic heterocycles. The van der Waals surface area contributed by atoms with Gasteiger partial charge >= 0.3 is 0 Å². The molecule has 114 valence electrons. The standard InChI is InChI=1S/C16H14F2N2OS/c1-9-6-11-14(22-9)8-13(20-16(11)21)12-7-10(4-5-19-12)2-3-15(17)18/h4-7,15H,2-3,8H2,1H3. The molecule has 2 aromatic rings. The molecule has 0 aliphatic carbocycles. The van der Waals surface area contributed by atoms with Crippen LogP contribution in [0.4, 0.5) is 8.78 Å². The molecule has 0 saturated heterocycles. The summed E-state index contributed by atoms with van der Waals surface area (Å²) < 4.78 is 24.6. The molecule has 0 spiro atoms. The molecule has 6 heteroatoms. The molecule has 3 heterocycles. The predicted molar refractivity (Wildman–Crippen MR) is 82.2 cm³/mol. The number of carbonyl (C=O) groups is 1. The van der Waals surface area contributed by atoms with Gasteiger partial charge in [-0.1, -0.05) is 0 Å². The molecule has 1 amide bonds. The maximum Gasteiger partial charge on any atom is 0.278 e. The SMILES string of the molecule is Cc1cc2c(s1)CC(c1cc(CCC(F)F)ccn1)=NC2=O. The molecule has 0 N–H and O–H groups in total. The van der Waals surface area contributed by atoms with Crippen molar-refractivity contribution >= 4 is 23.0 Å². The Labute approximate surface area is 130 Å². The smallest absolute Gasteiger partial charge is 0.267 e. The first-order chi connectivity index (χ1) is 10.5. The van der Waals surface area contributed by atoms with E-state index in [1.165, 1.54) is 0 Å². The summed E-state index contributed by atoms with van der Waals surface area (Å²) >= 11 is 1.58. The van der Waals surface area contributed by atoms with Crippen molar-refractivity contribution in [3.05, 3.63) is 51.0 Å². The van der Waals surface area contributed by atoms with Gasteiger partial charge in [0.05, 0.1) is 17.0 Å². The van der Waals surface area contributed by atoms with Crippen LogP contribution in [0.25, 0.3) is 0 Å². The van der Waals surface area contributed by atoms with E-state index >= 15 is 0 Å². The summed E-state index contributed by atoms with van der Waals surface area (Å²) in [6, 6.07) is 5.33. The Morgan fingerprint density at radius 3 is 2.95 bits per heavy atom. The van der Waals surface area contributed by atoms with Gasteiger partial charge in [-0.2, -0.15) is 0 Å². The summed E-state index contributed by atoms with van der Waals surface area (Å²) in [7, 11) is 0. The highest BCUT2D eigenvalue weighted by atomic mass is 32.1. The van der Waals surface area contributed by atoms with Gasteiger partial charge in [0.2, 0.25) is 6.43 Å². The molecule has 0 radical (unpaired) electrons. The molecule has 1 aliphatic rings. The Morgan fingerprint density at radius 2 is 2.18 bits per heavy atom. The third kappa shape index (κ3) is 3.11. The molecule has 1 aliphatic heterocycles. The number of aliphatic imine (C=N–C) groups is 1. The summed E-state index contributed by atoms with van der Waals surface area (Å²) in [4.78, 5) is 22.5. The van der Waals surface area contributed by atoms with Crippen LogP contribution in [-0.2, 0) is 12.8 Å². The second-order valence-corrected chi connectivity index (χ2v) is 6.55. The fourth-order valence-corrected chi connectivity index (χ4v) is 3.49. The van der Waals surface area contributed by atoms with Gasteiger partial charge < -0.3 is 0 Å². The van der Waals surface area contributed by atoms with E-state index in [4.69, 9.17) is 0 Å². The molecular weight excluding hydrogens is 306 g/mol. The van der Waals surface area contributed by atoms with Crippen LogP contribution in [0.15, 0.2) is 29.4 Å². The number of rotatable bonds is 4. The van der Waals surface area contributed by atoms with Gasteiger partial charge in [-0.25, -0.2) is 13.8 Å². The van der Waals surface area contributed by atoms with Crippen LogP contribution in [0.3, 0.4) is 0 Å². The van der Waals surface area contributed by atoms with Gasteiger partial charge in [0.1, 0.15) is 0 Å². The fraction of sp³-hybridized carbons (Fsp3) is 0.312.